The highest BCUT2D eigenvalue weighted by molar-refractivity contribution is 5.86. The molecule has 0 saturated carbocycles. The Morgan fingerprint density at radius 1 is 1.22 bits per heavy atom. The van der Waals surface area contributed by atoms with E-state index in [0.717, 1.165) is 0 Å². The van der Waals surface area contributed by atoms with Crippen molar-refractivity contribution >= 4 is 18.1 Å². The van der Waals surface area contributed by atoms with Gasteiger partial charge in [0.2, 0.25) is 0 Å². The number of rotatable bonds is 4. The summed E-state index contributed by atoms with van der Waals surface area (Å²) >= 11 is 0. The zero-order valence-corrected chi connectivity index (χ0v) is 13.1. The molecule has 0 unspecified atom stereocenters. The van der Waals surface area contributed by atoms with Crippen molar-refractivity contribution in [2.24, 2.45) is 0 Å². The number of aromatic nitrogens is 1. The van der Waals surface area contributed by atoms with Crippen LogP contribution in [0.5, 0.6) is 11.5 Å². The Kier molecular flexibility index (Phi) is 4.64. The highest BCUT2D eigenvalue weighted by Crippen LogP contribution is 2.28. The van der Waals surface area contributed by atoms with Gasteiger partial charge in [-0.25, -0.2) is 0 Å². The third-order valence-corrected chi connectivity index (χ3v) is 3.11. The van der Waals surface area contributed by atoms with Gasteiger partial charge in [-0.15, -0.1) is 0 Å². The van der Waals surface area contributed by atoms with Crippen LogP contribution in [0.2, 0.25) is 0 Å². The maximum atomic E-state index is 11.3. The third-order valence-electron chi connectivity index (χ3n) is 3.11. The summed E-state index contributed by atoms with van der Waals surface area (Å²) in [6.07, 6.45) is 2.32. The lowest BCUT2D eigenvalue weighted by Gasteiger charge is -2.37. The minimum atomic E-state index is -1.27. The van der Waals surface area contributed by atoms with Gasteiger partial charge in [-0.1, -0.05) is 0 Å². The van der Waals surface area contributed by atoms with Crippen LogP contribution in [-0.2, 0) is 0 Å². The molecule has 0 saturated heterocycles. The SMILES string of the molecule is CC(C)(C)N(C(=O)[O-])c1ccc(Oc2ccncc2C=O)cc1. The Labute approximate surface area is 134 Å². The molecular weight excluding hydrogens is 296 g/mol. The molecule has 1 heterocycles. The monoisotopic (exact) mass is 313 g/mol. The van der Waals surface area contributed by atoms with Gasteiger partial charge in [0.25, 0.3) is 0 Å². The lowest BCUT2D eigenvalue weighted by atomic mass is 10.1. The summed E-state index contributed by atoms with van der Waals surface area (Å²) in [5, 5.41) is 11.3. The van der Waals surface area contributed by atoms with Crippen LogP contribution in [0.25, 0.3) is 0 Å². The van der Waals surface area contributed by atoms with Crippen molar-refractivity contribution in [1.82, 2.24) is 4.98 Å². The number of nitrogens with zero attached hydrogens (tertiary/aromatic N) is 2. The molecule has 6 nitrogen and oxygen atoms in total. The lowest BCUT2D eigenvalue weighted by Crippen LogP contribution is -2.52. The average molecular weight is 313 g/mol. The first-order valence-corrected chi connectivity index (χ1v) is 7.01. The maximum Gasteiger partial charge on any atom is 0.155 e. The summed E-state index contributed by atoms with van der Waals surface area (Å²) in [7, 11) is 0. The zero-order valence-electron chi connectivity index (χ0n) is 13.1. The Hall–Kier alpha value is -2.89. The number of aldehydes is 1. The first kappa shape index (κ1) is 16.5. The van der Waals surface area contributed by atoms with Crippen molar-refractivity contribution in [3.05, 3.63) is 48.3 Å². The molecule has 0 fully saturated rings. The van der Waals surface area contributed by atoms with E-state index in [-0.39, 0.29) is 0 Å². The molecule has 1 amide bonds. The van der Waals surface area contributed by atoms with Crippen molar-refractivity contribution in [3.8, 4) is 11.5 Å². The summed E-state index contributed by atoms with van der Waals surface area (Å²) < 4.78 is 5.63. The van der Waals surface area contributed by atoms with E-state index >= 15 is 0 Å². The predicted octanol–water partition coefficient (Wildman–Crippen LogP) is 2.63. The molecule has 0 radical (unpaired) electrons. The van der Waals surface area contributed by atoms with Crippen molar-refractivity contribution in [1.29, 1.82) is 0 Å². The van der Waals surface area contributed by atoms with Gasteiger partial charge in [-0.3, -0.25) is 9.78 Å². The summed E-state index contributed by atoms with van der Waals surface area (Å²) in [5.41, 5.74) is 0.189. The fourth-order valence-corrected chi connectivity index (χ4v) is 2.13. The first-order chi connectivity index (χ1) is 10.8. The van der Waals surface area contributed by atoms with Crippen LogP contribution in [0.1, 0.15) is 31.1 Å². The number of pyridine rings is 1. The van der Waals surface area contributed by atoms with Crippen LogP contribution < -0.4 is 14.7 Å². The average Bonchev–Trinajstić information content (AvgIpc) is 2.48. The van der Waals surface area contributed by atoms with Crippen molar-refractivity contribution < 1.29 is 19.4 Å². The molecule has 0 spiro atoms. The van der Waals surface area contributed by atoms with Crippen LogP contribution in [0.15, 0.2) is 42.7 Å². The van der Waals surface area contributed by atoms with Gasteiger partial charge in [0.15, 0.2) is 6.29 Å². The van der Waals surface area contributed by atoms with E-state index in [1.165, 1.54) is 17.3 Å². The molecule has 1 aromatic heterocycles. The molecule has 23 heavy (non-hydrogen) atoms. The molecule has 0 atom stereocenters. The number of benzene rings is 1. The maximum absolute atomic E-state index is 11.3. The van der Waals surface area contributed by atoms with Crippen LogP contribution in [0.3, 0.4) is 0 Å². The molecule has 2 rings (SSSR count). The van der Waals surface area contributed by atoms with E-state index in [1.807, 2.05) is 0 Å². The minimum Gasteiger partial charge on any atom is -0.530 e. The summed E-state index contributed by atoms with van der Waals surface area (Å²) in [6, 6.07) is 8.09. The Bertz CT molecular complexity index is 705. The van der Waals surface area contributed by atoms with Crippen molar-refractivity contribution in [2.75, 3.05) is 4.90 Å². The molecule has 120 valence electrons. The summed E-state index contributed by atoms with van der Waals surface area (Å²) in [4.78, 5) is 27.3. The third kappa shape index (κ3) is 3.85. The molecule has 0 aliphatic rings. The van der Waals surface area contributed by atoms with E-state index in [0.29, 0.717) is 29.0 Å². The predicted molar refractivity (Wildman–Crippen MR) is 83.8 cm³/mol. The largest absolute Gasteiger partial charge is 0.530 e. The molecule has 1 aromatic carbocycles. The Morgan fingerprint density at radius 3 is 2.39 bits per heavy atom. The quantitative estimate of drug-likeness (QED) is 0.810. The van der Waals surface area contributed by atoms with E-state index in [4.69, 9.17) is 4.74 Å². The molecule has 0 bridgehead atoms. The standard InChI is InChI=1S/C17H18N2O4/c1-17(2,3)19(16(21)22)13-4-6-14(7-5-13)23-15-8-9-18-10-12(15)11-20/h4-11H,1-3H3,(H,21,22)/p-1. The topological polar surface area (TPSA) is 82.6 Å². The summed E-state index contributed by atoms with van der Waals surface area (Å²) in [5.74, 6) is 0.866. The van der Waals surface area contributed by atoms with Crippen LogP contribution >= 0.6 is 0 Å². The number of anilines is 1. The van der Waals surface area contributed by atoms with E-state index in [1.54, 1.807) is 51.1 Å². The molecule has 0 N–H and O–H groups in total. The van der Waals surface area contributed by atoms with Crippen LogP contribution in [-0.4, -0.2) is 22.9 Å². The van der Waals surface area contributed by atoms with E-state index in [2.05, 4.69) is 4.98 Å². The van der Waals surface area contributed by atoms with Gasteiger partial charge < -0.3 is 19.5 Å². The van der Waals surface area contributed by atoms with Gasteiger partial charge in [0, 0.05) is 23.6 Å². The second-order valence-corrected chi connectivity index (χ2v) is 5.90. The van der Waals surface area contributed by atoms with E-state index < -0.39 is 11.6 Å². The van der Waals surface area contributed by atoms with Crippen LogP contribution in [0, 0.1) is 0 Å². The normalized spacial score (nSPS) is 10.9. The number of hydrogen-bond donors (Lipinski definition) is 0. The van der Waals surface area contributed by atoms with Gasteiger partial charge in [-0.2, -0.15) is 0 Å². The van der Waals surface area contributed by atoms with Gasteiger partial charge in [0.1, 0.15) is 17.6 Å². The number of ether oxygens (including phenoxy) is 1. The molecule has 0 aliphatic carbocycles. The number of amides is 1. The highest BCUT2D eigenvalue weighted by Gasteiger charge is 2.22. The number of carbonyl (C=O) groups is 2. The van der Waals surface area contributed by atoms with Crippen LogP contribution in [0.4, 0.5) is 10.5 Å². The number of hydrogen-bond acceptors (Lipinski definition) is 5. The van der Waals surface area contributed by atoms with Gasteiger partial charge >= 0.3 is 0 Å². The first-order valence-electron chi connectivity index (χ1n) is 7.01. The highest BCUT2D eigenvalue weighted by atomic mass is 16.5. The fourth-order valence-electron chi connectivity index (χ4n) is 2.13. The molecule has 2 aromatic rings. The van der Waals surface area contributed by atoms with E-state index in [9.17, 15) is 14.7 Å². The fraction of sp³-hybridized carbons (Fsp3) is 0.235. The molecule has 6 heteroatoms. The van der Waals surface area contributed by atoms with Gasteiger partial charge in [0.05, 0.1) is 5.56 Å². The molecule has 0 aliphatic heterocycles. The van der Waals surface area contributed by atoms with Crippen molar-refractivity contribution in [3.63, 3.8) is 0 Å². The van der Waals surface area contributed by atoms with Gasteiger partial charge in [-0.05, 0) is 51.1 Å². The van der Waals surface area contributed by atoms with Crippen molar-refractivity contribution in [2.45, 2.75) is 26.3 Å². The Balaban J connectivity index is 2.26. The number of carboxylic acid groups (broad SMARTS) is 1. The zero-order chi connectivity index (χ0) is 17.0. The molecular formula is C17H17N2O4-. The smallest absolute Gasteiger partial charge is 0.155 e. The minimum absolute atomic E-state index is 0.336. The second-order valence-electron chi connectivity index (χ2n) is 5.90. The lowest BCUT2D eigenvalue weighted by molar-refractivity contribution is -0.247. The summed E-state index contributed by atoms with van der Waals surface area (Å²) in [6.45, 7) is 5.33. The second kappa shape index (κ2) is 6.48. The number of carbonyl (C=O) groups excluding carboxylic acids is 2. The Morgan fingerprint density at radius 2 is 1.87 bits per heavy atom.